The van der Waals surface area contributed by atoms with Crippen LogP contribution < -0.4 is 15.8 Å². The van der Waals surface area contributed by atoms with Crippen molar-refractivity contribution in [3.8, 4) is 5.75 Å². The molecule has 102 valence electrons. The molecule has 0 aliphatic rings. The summed E-state index contributed by atoms with van der Waals surface area (Å²) in [6.45, 7) is -0.347. The van der Waals surface area contributed by atoms with Crippen molar-refractivity contribution < 1.29 is 29.3 Å². The summed E-state index contributed by atoms with van der Waals surface area (Å²) in [6, 6.07) is 4.16. The quantitative estimate of drug-likeness (QED) is 0.514. The van der Waals surface area contributed by atoms with Crippen molar-refractivity contribution in [1.82, 2.24) is 0 Å². The molecule has 0 saturated heterocycles. The van der Waals surface area contributed by atoms with E-state index in [1.54, 1.807) is 0 Å². The molecule has 0 heterocycles. The number of nitrogens with one attached hydrogen (secondary N) is 1. The van der Waals surface area contributed by atoms with Gasteiger partial charge in [-0.1, -0.05) is 6.07 Å². The zero-order valence-electron chi connectivity index (χ0n) is 9.75. The maximum Gasteiger partial charge on any atom is 0.394 e. The first-order chi connectivity index (χ1) is 8.97. The summed E-state index contributed by atoms with van der Waals surface area (Å²) in [7, 11) is 0. The van der Waals surface area contributed by atoms with Crippen molar-refractivity contribution in [3.63, 3.8) is 0 Å². The molecular formula is C11H12N2O6. The summed E-state index contributed by atoms with van der Waals surface area (Å²) in [5, 5.41) is 19.2. The molecule has 1 rings (SSSR count). The number of aliphatic hydroxyl groups is 1. The van der Waals surface area contributed by atoms with Crippen LogP contribution in [0, 0.1) is 0 Å². The van der Waals surface area contributed by atoms with Gasteiger partial charge in [-0.2, -0.15) is 0 Å². The molecule has 8 heteroatoms. The Kier molecular flexibility index (Phi) is 4.84. The van der Waals surface area contributed by atoms with E-state index in [9.17, 15) is 14.4 Å². The van der Waals surface area contributed by atoms with Crippen molar-refractivity contribution in [2.24, 2.45) is 5.73 Å². The molecule has 0 spiro atoms. The fourth-order valence-electron chi connectivity index (χ4n) is 1.34. The lowest BCUT2D eigenvalue weighted by molar-refractivity contribution is -0.147. The van der Waals surface area contributed by atoms with Gasteiger partial charge in [0.25, 0.3) is 5.91 Å². The van der Waals surface area contributed by atoms with Crippen LogP contribution in [0.5, 0.6) is 5.75 Å². The summed E-state index contributed by atoms with van der Waals surface area (Å²) >= 11 is 0. The van der Waals surface area contributed by atoms with Gasteiger partial charge in [0, 0.05) is 0 Å². The van der Waals surface area contributed by atoms with E-state index < -0.39 is 17.8 Å². The number of aliphatic carboxylic acids is 1. The SMILES string of the molecule is NC(=O)c1c(NC(=O)C(=O)O)cccc1OCCO. The van der Waals surface area contributed by atoms with Gasteiger partial charge in [-0.05, 0) is 12.1 Å². The van der Waals surface area contributed by atoms with Crippen LogP contribution in [0.4, 0.5) is 5.69 Å². The Balaban J connectivity index is 3.13. The van der Waals surface area contributed by atoms with Gasteiger partial charge >= 0.3 is 11.9 Å². The number of amides is 2. The van der Waals surface area contributed by atoms with Gasteiger partial charge < -0.3 is 26.0 Å². The molecule has 8 nitrogen and oxygen atoms in total. The highest BCUT2D eigenvalue weighted by molar-refractivity contribution is 6.36. The van der Waals surface area contributed by atoms with Crippen LogP contribution in [-0.4, -0.2) is 41.2 Å². The first-order valence-corrected chi connectivity index (χ1v) is 5.18. The van der Waals surface area contributed by atoms with Crippen LogP contribution in [0.2, 0.25) is 0 Å². The molecule has 5 N–H and O–H groups in total. The number of aliphatic hydroxyl groups excluding tert-OH is 1. The highest BCUT2D eigenvalue weighted by atomic mass is 16.5. The molecule has 2 amide bonds. The van der Waals surface area contributed by atoms with Crippen LogP contribution in [0.25, 0.3) is 0 Å². The molecule has 0 radical (unpaired) electrons. The molecule has 1 aromatic rings. The number of nitrogens with two attached hydrogens (primary N) is 1. The zero-order valence-corrected chi connectivity index (χ0v) is 9.75. The second kappa shape index (κ2) is 6.36. The first kappa shape index (κ1) is 14.5. The Morgan fingerprint density at radius 1 is 1.32 bits per heavy atom. The minimum atomic E-state index is -1.70. The number of hydrogen-bond acceptors (Lipinski definition) is 5. The van der Waals surface area contributed by atoms with Crippen LogP contribution in [0.15, 0.2) is 18.2 Å². The smallest absolute Gasteiger partial charge is 0.394 e. The second-order valence-corrected chi connectivity index (χ2v) is 3.37. The number of ether oxygens (including phenoxy) is 1. The fourth-order valence-corrected chi connectivity index (χ4v) is 1.34. The normalized spacial score (nSPS) is 9.74. The Labute approximate surface area is 107 Å². The number of carbonyl (C=O) groups is 3. The average Bonchev–Trinajstić information content (AvgIpc) is 2.35. The summed E-state index contributed by atoms with van der Waals surface area (Å²) in [6.07, 6.45) is 0. The van der Waals surface area contributed by atoms with Gasteiger partial charge in [-0.3, -0.25) is 9.59 Å². The number of anilines is 1. The summed E-state index contributed by atoms with van der Waals surface area (Å²) in [5.74, 6) is -3.85. The van der Waals surface area contributed by atoms with Gasteiger partial charge in [0.2, 0.25) is 0 Å². The molecular weight excluding hydrogens is 256 g/mol. The van der Waals surface area contributed by atoms with E-state index in [4.69, 9.17) is 20.7 Å². The fraction of sp³-hybridized carbons (Fsp3) is 0.182. The predicted octanol–water partition coefficient (Wildman–Crippen LogP) is -0.820. The van der Waals surface area contributed by atoms with E-state index in [1.807, 2.05) is 5.32 Å². The Morgan fingerprint density at radius 2 is 2.00 bits per heavy atom. The maximum absolute atomic E-state index is 11.3. The van der Waals surface area contributed by atoms with Crippen molar-refractivity contribution >= 4 is 23.5 Å². The van der Waals surface area contributed by atoms with E-state index in [2.05, 4.69) is 0 Å². The van der Waals surface area contributed by atoms with E-state index >= 15 is 0 Å². The largest absolute Gasteiger partial charge is 0.490 e. The second-order valence-electron chi connectivity index (χ2n) is 3.37. The third-order valence-corrected chi connectivity index (χ3v) is 2.06. The molecule has 0 saturated carbocycles. The Hall–Kier alpha value is -2.61. The van der Waals surface area contributed by atoms with E-state index in [-0.39, 0.29) is 30.2 Å². The number of carboxylic acids is 1. The van der Waals surface area contributed by atoms with E-state index in [0.29, 0.717) is 0 Å². The third-order valence-electron chi connectivity index (χ3n) is 2.06. The molecule has 0 aromatic heterocycles. The lowest BCUT2D eigenvalue weighted by Crippen LogP contribution is -2.24. The molecule has 0 aliphatic carbocycles. The number of benzene rings is 1. The lowest BCUT2D eigenvalue weighted by Gasteiger charge is -2.12. The van der Waals surface area contributed by atoms with Gasteiger partial charge in [-0.25, -0.2) is 4.79 Å². The van der Waals surface area contributed by atoms with Crippen LogP contribution in [-0.2, 0) is 9.59 Å². The van der Waals surface area contributed by atoms with Crippen LogP contribution in [0.1, 0.15) is 10.4 Å². The summed E-state index contributed by atoms with van der Waals surface area (Å²) in [4.78, 5) is 32.9. The highest BCUT2D eigenvalue weighted by Gasteiger charge is 2.19. The predicted molar refractivity (Wildman–Crippen MR) is 63.8 cm³/mol. The van der Waals surface area contributed by atoms with Crippen molar-refractivity contribution in [2.75, 3.05) is 18.5 Å². The van der Waals surface area contributed by atoms with Gasteiger partial charge in [-0.15, -0.1) is 0 Å². The molecule has 0 bridgehead atoms. The van der Waals surface area contributed by atoms with E-state index in [1.165, 1.54) is 18.2 Å². The van der Waals surface area contributed by atoms with Crippen molar-refractivity contribution in [1.29, 1.82) is 0 Å². The Morgan fingerprint density at radius 3 is 2.53 bits per heavy atom. The minimum absolute atomic E-state index is 0.0461. The van der Waals surface area contributed by atoms with Gasteiger partial charge in [0.1, 0.15) is 17.9 Å². The number of carbonyl (C=O) groups excluding carboxylic acids is 2. The molecule has 0 aliphatic heterocycles. The first-order valence-electron chi connectivity index (χ1n) is 5.18. The zero-order chi connectivity index (χ0) is 14.4. The number of carboxylic acid groups (broad SMARTS) is 1. The molecule has 0 unspecified atom stereocenters. The standard InChI is InChI=1S/C11H12N2O6/c12-9(15)8-6(13-10(16)11(17)18)2-1-3-7(8)19-5-4-14/h1-3,14H,4-5H2,(H2,12,15)(H,13,16)(H,17,18). The van der Waals surface area contributed by atoms with Crippen LogP contribution in [0.3, 0.4) is 0 Å². The van der Waals surface area contributed by atoms with Crippen molar-refractivity contribution in [3.05, 3.63) is 23.8 Å². The van der Waals surface area contributed by atoms with Gasteiger partial charge in [0.05, 0.1) is 12.3 Å². The lowest BCUT2D eigenvalue weighted by atomic mass is 10.1. The van der Waals surface area contributed by atoms with Gasteiger partial charge in [0.15, 0.2) is 0 Å². The summed E-state index contributed by atoms with van der Waals surface area (Å²) < 4.78 is 5.08. The monoisotopic (exact) mass is 268 g/mol. The van der Waals surface area contributed by atoms with Crippen LogP contribution >= 0.6 is 0 Å². The number of rotatable bonds is 5. The molecule has 0 fully saturated rings. The van der Waals surface area contributed by atoms with Crippen molar-refractivity contribution in [2.45, 2.75) is 0 Å². The number of primary amides is 1. The molecule has 19 heavy (non-hydrogen) atoms. The highest BCUT2D eigenvalue weighted by Crippen LogP contribution is 2.26. The Bertz CT molecular complexity index is 514. The third kappa shape index (κ3) is 3.68. The number of hydrogen-bond donors (Lipinski definition) is 4. The molecule has 1 aromatic carbocycles. The minimum Gasteiger partial charge on any atom is -0.490 e. The van der Waals surface area contributed by atoms with E-state index in [0.717, 1.165) is 0 Å². The topological polar surface area (TPSA) is 139 Å². The summed E-state index contributed by atoms with van der Waals surface area (Å²) in [5.41, 5.74) is 4.92. The average molecular weight is 268 g/mol. The molecule has 0 atom stereocenters. The maximum atomic E-state index is 11.3.